The lowest BCUT2D eigenvalue weighted by molar-refractivity contribution is -0.140. The summed E-state index contributed by atoms with van der Waals surface area (Å²) >= 11 is 0. The molecule has 1 saturated heterocycles. The molecule has 0 saturated carbocycles. The van der Waals surface area contributed by atoms with Gasteiger partial charge in [-0.2, -0.15) is 0 Å². The molecule has 0 spiro atoms. The first-order valence-electron chi connectivity index (χ1n) is 5.61. The lowest BCUT2D eigenvalue weighted by Crippen LogP contribution is -2.30. The van der Waals surface area contributed by atoms with Crippen molar-refractivity contribution in [2.45, 2.75) is 32.1 Å². The lowest BCUT2D eigenvalue weighted by Gasteiger charge is -2.25. The Bertz CT molecular complexity index is 190. The summed E-state index contributed by atoms with van der Waals surface area (Å²) in [4.78, 5) is 21.6. The molecule has 0 aliphatic carbocycles. The second-order valence-corrected chi connectivity index (χ2v) is 3.69. The van der Waals surface area contributed by atoms with E-state index in [0.717, 1.165) is 13.0 Å². The number of esters is 1. The van der Waals surface area contributed by atoms with Crippen molar-refractivity contribution in [3.63, 3.8) is 0 Å². The number of nitrogens with zero attached hydrogens (tertiary/aromatic N) is 1. The molecule has 94 valence electrons. The summed E-state index contributed by atoms with van der Waals surface area (Å²) in [5.74, 6) is -0.0861. The smallest absolute Gasteiger partial charge is 0.305 e. The third-order valence-corrected chi connectivity index (χ3v) is 2.53. The molecular formula is C11H21NO4. The summed E-state index contributed by atoms with van der Waals surface area (Å²) in [5, 5.41) is 6.89. The van der Waals surface area contributed by atoms with Gasteiger partial charge in [0.05, 0.1) is 7.11 Å². The SMILES string of the molecule is COC(=O)CCCN1CCCCC1.O=CO. The summed E-state index contributed by atoms with van der Waals surface area (Å²) in [6.45, 7) is 3.22. The van der Waals surface area contributed by atoms with Crippen LogP contribution in [0.4, 0.5) is 0 Å². The summed E-state index contributed by atoms with van der Waals surface area (Å²) in [6.07, 6.45) is 5.50. The lowest BCUT2D eigenvalue weighted by atomic mass is 10.1. The number of piperidine rings is 1. The Hall–Kier alpha value is -1.10. The number of methoxy groups -OCH3 is 1. The van der Waals surface area contributed by atoms with Crippen molar-refractivity contribution in [1.29, 1.82) is 0 Å². The van der Waals surface area contributed by atoms with E-state index < -0.39 is 0 Å². The van der Waals surface area contributed by atoms with Gasteiger partial charge in [0.2, 0.25) is 0 Å². The van der Waals surface area contributed by atoms with Crippen LogP contribution in [-0.2, 0) is 14.3 Å². The Morgan fingerprint density at radius 3 is 2.44 bits per heavy atom. The first-order valence-corrected chi connectivity index (χ1v) is 5.61. The molecule has 1 aliphatic heterocycles. The predicted octanol–water partition coefficient (Wildman–Crippen LogP) is 1.13. The number of hydrogen-bond donors (Lipinski definition) is 1. The van der Waals surface area contributed by atoms with E-state index >= 15 is 0 Å². The van der Waals surface area contributed by atoms with Crippen LogP contribution >= 0.6 is 0 Å². The Kier molecular flexibility index (Phi) is 9.70. The fourth-order valence-electron chi connectivity index (χ4n) is 1.73. The quantitative estimate of drug-likeness (QED) is 0.580. The topological polar surface area (TPSA) is 66.8 Å². The minimum atomic E-state index is -0.250. The number of likely N-dealkylation sites (tertiary alicyclic amines) is 1. The molecule has 0 radical (unpaired) electrons. The van der Waals surface area contributed by atoms with E-state index in [1.807, 2.05) is 0 Å². The highest BCUT2D eigenvalue weighted by Crippen LogP contribution is 2.09. The standard InChI is InChI=1S/C10H19NO2.CH2O2/c1-13-10(12)6-5-9-11-7-3-2-4-8-11;2-1-3/h2-9H2,1H3;1H,(H,2,3). The maximum atomic E-state index is 10.8. The average molecular weight is 231 g/mol. The molecule has 1 heterocycles. The van der Waals surface area contributed by atoms with Crippen molar-refractivity contribution in [3.8, 4) is 0 Å². The monoisotopic (exact) mass is 231 g/mol. The van der Waals surface area contributed by atoms with Gasteiger partial charge in [0.1, 0.15) is 0 Å². The molecule has 0 unspecified atom stereocenters. The first kappa shape index (κ1) is 14.9. The minimum Gasteiger partial charge on any atom is -0.483 e. The minimum absolute atomic E-state index is 0.0861. The van der Waals surface area contributed by atoms with E-state index in [0.29, 0.717) is 6.42 Å². The molecule has 1 fully saturated rings. The van der Waals surface area contributed by atoms with Crippen molar-refractivity contribution in [1.82, 2.24) is 4.90 Å². The summed E-state index contributed by atoms with van der Waals surface area (Å²) in [5.41, 5.74) is 0. The van der Waals surface area contributed by atoms with Crippen LogP contribution in [-0.4, -0.2) is 49.2 Å². The Morgan fingerprint density at radius 2 is 1.94 bits per heavy atom. The second-order valence-electron chi connectivity index (χ2n) is 3.69. The fourth-order valence-corrected chi connectivity index (χ4v) is 1.73. The highest BCUT2D eigenvalue weighted by Gasteiger charge is 2.09. The van der Waals surface area contributed by atoms with Gasteiger partial charge in [0.15, 0.2) is 0 Å². The van der Waals surface area contributed by atoms with Gasteiger partial charge >= 0.3 is 5.97 Å². The zero-order valence-corrected chi connectivity index (χ0v) is 9.85. The zero-order chi connectivity index (χ0) is 12.2. The van der Waals surface area contributed by atoms with Crippen molar-refractivity contribution in [2.24, 2.45) is 0 Å². The second kappa shape index (κ2) is 10.4. The molecule has 1 rings (SSSR count). The maximum absolute atomic E-state index is 10.8. The van der Waals surface area contributed by atoms with Crippen LogP contribution in [0.2, 0.25) is 0 Å². The third-order valence-electron chi connectivity index (χ3n) is 2.53. The molecule has 0 atom stereocenters. The molecule has 0 bridgehead atoms. The van der Waals surface area contributed by atoms with Gasteiger partial charge in [-0.3, -0.25) is 9.59 Å². The van der Waals surface area contributed by atoms with Gasteiger partial charge in [0, 0.05) is 6.42 Å². The highest BCUT2D eigenvalue weighted by atomic mass is 16.5. The van der Waals surface area contributed by atoms with Crippen LogP contribution in [0.25, 0.3) is 0 Å². The maximum Gasteiger partial charge on any atom is 0.305 e. The Balaban J connectivity index is 0.000000673. The van der Waals surface area contributed by atoms with E-state index in [4.69, 9.17) is 9.90 Å². The van der Waals surface area contributed by atoms with Gasteiger partial charge in [-0.05, 0) is 38.9 Å². The summed E-state index contributed by atoms with van der Waals surface area (Å²) in [7, 11) is 1.45. The number of rotatable bonds is 4. The number of hydrogen-bond acceptors (Lipinski definition) is 4. The summed E-state index contributed by atoms with van der Waals surface area (Å²) < 4.78 is 4.58. The van der Waals surface area contributed by atoms with E-state index in [9.17, 15) is 4.79 Å². The van der Waals surface area contributed by atoms with Gasteiger partial charge in [-0.25, -0.2) is 0 Å². The van der Waals surface area contributed by atoms with E-state index in [1.165, 1.54) is 39.5 Å². The van der Waals surface area contributed by atoms with Crippen LogP contribution in [0, 0.1) is 0 Å². The highest BCUT2D eigenvalue weighted by molar-refractivity contribution is 5.69. The number of carbonyl (C=O) groups is 2. The molecule has 0 amide bonds. The van der Waals surface area contributed by atoms with Crippen molar-refractivity contribution in [3.05, 3.63) is 0 Å². The van der Waals surface area contributed by atoms with Gasteiger partial charge in [-0.1, -0.05) is 6.42 Å². The molecule has 1 aliphatic rings. The van der Waals surface area contributed by atoms with Crippen LogP contribution in [0.15, 0.2) is 0 Å². The number of ether oxygens (including phenoxy) is 1. The molecule has 0 aromatic rings. The molecule has 0 aromatic carbocycles. The van der Waals surface area contributed by atoms with Crippen molar-refractivity contribution >= 4 is 12.4 Å². The van der Waals surface area contributed by atoms with Crippen LogP contribution < -0.4 is 0 Å². The van der Waals surface area contributed by atoms with E-state index in [2.05, 4.69) is 9.64 Å². The van der Waals surface area contributed by atoms with Gasteiger partial charge < -0.3 is 14.7 Å². The average Bonchev–Trinajstić information content (AvgIpc) is 2.31. The van der Waals surface area contributed by atoms with Crippen LogP contribution in [0.1, 0.15) is 32.1 Å². The molecule has 16 heavy (non-hydrogen) atoms. The molecular weight excluding hydrogens is 210 g/mol. The predicted molar refractivity (Wildman–Crippen MR) is 60.2 cm³/mol. The fraction of sp³-hybridized carbons (Fsp3) is 0.818. The number of carbonyl (C=O) groups excluding carboxylic acids is 1. The molecule has 0 aromatic heterocycles. The van der Waals surface area contributed by atoms with Gasteiger partial charge in [0.25, 0.3) is 6.47 Å². The Labute approximate surface area is 96.4 Å². The molecule has 5 heteroatoms. The third kappa shape index (κ3) is 8.23. The number of carboxylic acid groups (broad SMARTS) is 1. The first-order chi connectivity index (χ1) is 7.74. The summed E-state index contributed by atoms with van der Waals surface area (Å²) in [6, 6.07) is 0. The molecule has 5 nitrogen and oxygen atoms in total. The van der Waals surface area contributed by atoms with Gasteiger partial charge in [-0.15, -0.1) is 0 Å². The Morgan fingerprint density at radius 1 is 1.38 bits per heavy atom. The van der Waals surface area contributed by atoms with Crippen LogP contribution in [0.3, 0.4) is 0 Å². The van der Waals surface area contributed by atoms with Crippen molar-refractivity contribution < 1.29 is 19.4 Å². The molecule has 1 N–H and O–H groups in total. The van der Waals surface area contributed by atoms with Crippen molar-refractivity contribution in [2.75, 3.05) is 26.7 Å². The van der Waals surface area contributed by atoms with Crippen LogP contribution in [0.5, 0.6) is 0 Å². The zero-order valence-electron chi connectivity index (χ0n) is 9.85. The van der Waals surface area contributed by atoms with E-state index in [1.54, 1.807) is 0 Å². The normalized spacial score (nSPS) is 15.8. The largest absolute Gasteiger partial charge is 0.483 e. The van der Waals surface area contributed by atoms with E-state index in [-0.39, 0.29) is 12.4 Å².